The molecule has 0 radical (unpaired) electrons. The van der Waals surface area contributed by atoms with Gasteiger partial charge in [-0.15, -0.1) is 21.5 Å². The van der Waals surface area contributed by atoms with E-state index in [4.69, 9.17) is 14.7 Å². The fourth-order valence-electron chi connectivity index (χ4n) is 4.78. The number of thiophene rings is 1. The molecule has 1 saturated heterocycles. The molecule has 0 aliphatic carbocycles. The molecular formula is C24H31F3N8O2S. The van der Waals surface area contributed by atoms with Gasteiger partial charge in [-0.1, -0.05) is 13.3 Å². The predicted molar refractivity (Wildman–Crippen MR) is 137 cm³/mol. The van der Waals surface area contributed by atoms with Crippen LogP contribution >= 0.6 is 11.3 Å². The number of nitrogens with zero attached hydrogens (tertiary/aromatic N) is 7. The molecule has 1 fully saturated rings. The van der Waals surface area contributed by atoms with Gasteiger partial charge in [0, 0.05) is 31.1 Å². The van der Waals surface area contributed by atoms with Crippen LogP contribution in [-0.2, 0) is 30.4 Å². The van der Waals surface area contributed by atoms with Crippen LogP contribution in [0.3, 0.4) is 0 Å². The minimum absolute atomic E-state index is 0.107. The monoisotopic (exact) mass is 552 g/mol. The zero-order valence-electron chi connectivity index (χ0n) is 21.8. The maximum Gasteiger partial charge on any atom is 0.451 e. The maximum absolute atomic E-state index is 13.3. The summed E-state index contributed by atoms with van der Waals surface area (Å²) in [5.74, 6) is 0.495. The standard InChI is InChI=1S/C24H31F3N8O2S/c1-5-6-15-11-16-18(33-9-10-35-17(13-33)31-32-20(35)24(25,26)27)29-21(30-19(16)38-15)34-8-7-14(12-34)28-22(36)37-23(2,3)4/h11,14H,5-10,12-13H2,1-4H3,(H,28,36)/t14-/m0/s1. The molecule has 14 heteroatoms. The Morgan fingerprint density at radius 2 is 1.95 bits per heavy atom. The van der Waals surface area contributed by atoms with Gasteiger partial charge >= 0.3 is 12.3 Å². The van der Waals surface area contributed by atoms with E-state index in [1.807, 2.05) is 30.6 Å². The van der Waals surface area contributed by atoms with Gasteiger partial charge in [-0.25, -0.2) is 9.78 Å². The molecular weight excluding hydrogens is 521 g/mol. The van der Waals surface area contributed by atoms with E-state index in [0.29, 0.717) is 37.8 Å². The summed E-state index contributed by atoms with van der Waals surface area (Å²) < 4.78 is 46.5. The molecule has 206 valence electrons. The van der Waals surface area contributed by atoms with Crippen molar-refractivity contribution in [3.05, 3.63) is 22.6 Å². The number of aryl methyl sites for hydroxylation is 1. The average Bonchev–Trinajstić information content (AvgIpc) is 3.54. The van der Waals surface area contributed by atoms with Gasteiger partial charge in [0.15, 0.2) is 5.82 Å². The molecule has 38 heavy (non-hydrogen) atoms. The van der Waals surface area contributed by atoms with Crippen LogP contribution < -0.4 is 15.1 Å². The molecule has 2 aliphatic heterocycles. The predicted octanol–water partition coefficient (Wildman–Crippen LogP) is 4.38. The first-order valence-electron chi connectivity index (χ1n) is 12.7. The molecule has 1 atom stereocenters. The molecule has 0 saturated carbocycles. The number of alkyl carbamates (subject to hydrolysis) is 1. The van der Waals surface area contributed by atoms with Crippen molar-refractivity contribution in [3.63, 3.8) is 0 Å². The summed E-state index contributed by atoms with van der Waals surface area (Å²) in [6.07, 6.45) is -2.40. The third-order valence-corrected chi connectivity index (χ3v) is 7.50. The summed E-state index contributed by atoms with van der Waals surface area (Å²) in [6, 6.07) is 1.97. The van der Waals surface area contributed by atoms with Crippen molar-refractivity contribution in [1.29, 1.82) is 0 Å². The lowest BCUT2D eigenvalue weighted by atomic mass is 10.2. The Kier molecular flexibility index (Phi) is 6.86. The van der Waals surface area contributed by atoms with Crippen molar-refractivity contribution in [2.45, 2.75) is 77.9 Å². The van der Waals surface area contributed by atoms with Gasteiger partial charge in [-0.05, 0) is 39.7 Å². The number of nitrogens with one attached hydrogen (secondary N) is 1. The number of rotatable bonds is 5. The quantitative estimate of drug-likeness (QED) is 0.498. The van der Waals surface area contributed by atoms with E-state index in [9.17, 15) is 18.0 Å². The number of alkyl halides is 3. The molecule has 0 bridgehead atoms. The summed E-state index contributed by atoms with van der Waals surface area (Å²) >= 11 is 1.61. The fourth-order valence-corrected chi connectivity index (χ4v) is 5.90. The molecule has 0 spiro atoms. The van der Waals surface area contributed by atoms with Crippen molar-refractivity contribution >= 4 is 39.4 Å². The number of hydrogen-bond donors (Lipinski definition) is 1. The Morgan fingerprint density at radius 3 is 2.66 bits per heavy atom. The first-order chi connectivity index (χ1) is 17.9. The van der Waals surface area contributed by atoms with Gasteiger partial charge in [0.2, 0.25) is 11.8 Å². The largest absolute Gasteiger partial charge is 0.451 e. The van der Waals surface area contributed by atoms with Crippen LogP contribution in [0.15, 0.2) is 6.07 Å². The smallest absolute Gasteiger partial charge is 0.444 e. The molecule has 2 aliphatic rings. The van der Waals surface area contributed by atoms with Crippen molar-refractivity contribution < 1.29 is 22.7 Å². The highest BCUT2D eigenvalue weighted by molar-refractivity contribution is 7.18. The summed E-state index contributed by atoms with van der Waals surface area (Å²) in [6.45, 7) is 9.35. The minimum Gasteiger partial charge on any atom is -0.444 e. The Balaban J connectivity index is 1.42. The average molecular weight is 553 g/mol. The van der Waals surface area contributed by atoms with Crippen molar-refractivity contribution in [2.24, 2.45) is 0 Å². The van der Waals surface area contributed by atoms with E-state index < -0.39 is 23.7 Å². The van der Waals surface area contributed by atoms with Crippen LogP contribution in [0.1, 0.15) is 57.1 Å². The molecule has 5 rings (SSSR count). The second-order valence-electron chi connectivity index (χ2n) is 10.6. The lowest BCUT2D eigenvalue weighted by Crippen LogP contribution is -2.40. The molecule has 1 N–H and O–H groups in total. The maximum atomic E-state index is 13.3. The molecule has 5 heterocycles. The molecule has 3 aromatic heterocycles. The number of carbonyl (C=O) groups excluding carboxylic acids is 1. The van der Waals surface area contributed by atoms with Gasteiger partial charge in [0.05, 0.1) is 18.0 Å². The molecule has 3 aromatic rings. The van der Waals surface area contributed by atoms with Gasteiger partial charge in [-0.3, -0.25) is 0 Å². The number of ether oxygens (including phenoxy) is 1. The number of amides is 1. The highest BCUT2D eigenvalue weighted by Crippen LogP contribution is 2.36. The van der Waals surface area contributed by atoms with Gasteiger partial charge < -0.3 is 24.4 Å². The van der Waals surface area contributed by atoms with Gasteiger partial charge in [0.1, 0.15) is 16.2 Å². The third-order valence-electron chi connectivity index (χ3n) is 6.41. The van der Waals surface area contributed by atoms with E-state index in [-0.39, 0.29) is 25.0 Å². The van der Waals surface area contributed by atoms with Gasteiger partial charge in [0.25, 0.3) is 0 Å². The van der Waals surface area contributed by atoms with E-state index in [2.05, 4.69) is 28.5 Å². The Hall–Kier alpha value is -3.16. The normalized spacial score (nSPS) is 18.2. The second kappa shape index (κ2) is 9.86. The van der Waals surface area contributed by atoms with Crippen LogP contribution in [0.5, 0.6) is 0 Å². The van der Waals surface area contributed by atoms with Crippen LogP contribution in [0, 0.1) is 0 Å². The van der Waals surface area contributed by atoms with Crippen LogP contribution in [0.4, 0.5) is 29.7 Å². The van der Waals surface area contributed by atoms with E-state index in [1.54, 1.807) is 11.3 Å². The summed E-state index contributed by atoms with van der Waals surface area (Å²) in [4.78, 5) is 28.0. The fraction of sp³-hybridized carbons (Fsp3) is 0.625. The number of fused-ring (bicyclic) bond motifs is 2. The summed E-state index contributed by atoms with van der Waals surface area (Å²) in [5.41, 5.74) is -0.583. The Bertz CT molecular complexity index is 1330. The second-order valence-corrected chi connectivity index (χ2v) is 11.7. The Labute approximate surface area is 222 Å². The van der Waals surface area contributed by atoms with Crippen LogP contribution in [0.2, 0.25) is 0 Å². The summed E-state index contributed by atoms with van der Waals surface area (Å²) in [7, 11) is 0. The number of hydrogen-bond acceptors (Lipinski definition) is 9. The minimum atomic E-state index is -4.55. The number of carbonyl (C=O) groups is 1. The SMILES string of the molecule is CCCc1cc2c(N3CCn4c(nnc4C(F)(F)F)C3)nc(N3CC[C@H](NC(=O)OC(C)(C)C)C3)nc2s1. The highest BCUT2D eigenvalue weighted by Gasteiger charge is 2.40. The zero-order valence-corrected chi connectivity index (χ0v) is 22.6. The molecule has 0 unspecified atom stereocenters. The van der Waals surface area contributed by atoms with Crippen molar-refractivity contribution in [3.8, 4) is 0 Å². The number of aromatic nitrogens is 5. The molecule has 0 aromatic carbocycles. The zero-order chi connectivity index (χ0) is 27.2. The number of halogens is 3. The summed E-state index contributed by atoms with van der Waals surface area (Å²) in [5, 5.41) is 11.0. The first-order valence-corrected chi connectivity index (χ1v) is 13.5. The van der Waals surface area contributed by atoms with E-state index >= 15 is 0 Å². The first kappa shape index (κ1) is 26.4. The topological polar surface area (TPSA) is 101 Å². The molecule has 10 nitrogen and oxygen atoms in total. The highest BCUT2D eigenvalue weighted by atomic mass is 32.1. The lowest BCUT2D eigenvalue weighted by Gasteiger charge is -2.30. The molecule has 1 amide bonds. The van der Waals surface area contributed by atoms with E-state index in [1.165, 1.54) is 4.88 Å². The van der Waals surface area contributed by atoms with Crippen molar-refractivity contribution in [1.82, 2.24) is 30.0 Å². The van der Waals surface area contributed by atoms with E-state index in [0.717, 1.165) is 27.6 Å². The Morgan fingerprint density at radius 1 is 1.16 bits per heavy atom. The van der Waals surface area contributed by atoms with Crippen molar-refractivity contribution in [2.75, 3.05) is 29.4 Å². The lowest BCUT2D eigenvalue weighted by molar-refractivity contribution is -0.147. The number of anilines is 2. The van der Waals surface area contributed by atoms with Crippen LogP contribution in [-0.4, -0.2) is 62.1 Å². The van der Waals surface area contributed by atoms with Gasteiger partial charge in [-0.2, -0.15) is 18.2 Å². The third kappa shape index (κ3) is 5.49. The van der Waals surface area contributed by atoms with Crippen LogP contribution in [0.25, 0.3) is 10.2 Å².